The summed E-state index contributed by atoms with van der Waals surface area (Å²) in [7, 11) is 0. The van der Waals surface area contributed by atoms with Crippen LogP contribution in [0.4, 0.5) is 5.69 Å². The van der Waals surface area contributed by atoms with Crippen LogP contribution in [0.15, 0.2) is 42.5 Å². The first-order valence-corrected chi connectivity index (χ1v) is 6.01. The van der Waals surface area contributed by atoms with Crippen LogP contribution in [0.25, 0.3) is 11.0 Å². The summed E-state index contributed by atoms with van der Waals surface area (Å²) in [5.41, 5.74) is 11.0. The van der Waals surface area contributed by atoms with E-state index in [1.165, 1.54) is 11.1 Å². The van der Waals surface area contributed by atoms with Gasteiger partial charge in [0.15, 0.2) is 0 Å². The van der Waals surface area contributed by atoms with Crippen molar-refractivity contribution in [2.24, 2.45) is 0 Å². The van der Waals surface area contributed by atoms with Gasteiger partial charge < -0.3 is 10.7 Å². The quantitative estimate of drug-likeness (QED) is 0.673. The van der Waals surface area contributed by atoms with Crippen molar-refractivity contribution < 1.29 is 0 Å². The number of nitrogens with two attached hydrogens (primary N) is 1. The van der Waals surface area contributed by atoms with Gasteiger partial charge in [-0.15, -0.1) is 0 Å². The van der Waals surface area contributed by atoms with Crippen LogP contribution in [0.3, 0.4) is 0 Å². The predicted octanol–water partition coefficient (Wildman–Crippen LogP) is 3.04. The largest absolute Gasteiger partial charge is 0.397 e. The zero-order valence-corrected chi connectivity index (χ0v) is 10.3. The monoisotopic (exact) mass is 237 g/mol. The third kappa shape index (κ3) is 1.95. The molecule has 0 saturated heterocycles. The molecular formula is C15H15N3. The lowest BCUT2D eigenvalue weighted by atomic mass is 10.1. The van der Waals surface area contributed by atoms with Crippen molar-refractivity contribution in [3.8, 4) is 0 Å². The van der Waals surface area contributed by atoms with Crippen LogP contribution in [0.5, 0.6) is 0 Å². The molecule has 3 nitrogen and oxygen atoms in total. The molecule has 0 radical (unpaired) electrons. The van der Waals surface area contributed by atoms with Crippen LogP contribution in [0.2, 0.25) is 0 Å². The van der Waals surface area contributed by atoms with Gasteiger partial charge in [-0.25, -0.2) is 4.98 Å². The third-order valence-corrected chi connectivity index (χ3v) is 3.09. The topological polar surface area (TPSA) is 54.7 Å². The number of H-pyrrole nitrogens is 1. The molecule has 3 rings (SSSR count). The van der Waals surface area contributed by atoms with Crippen LogP contribution < -0.4 is 5.73 Å². The van der Waals surface area contributed by atoms with Gasteiger partial charge in [0, 0.05) is 6.42 Å². The number of nitrogen functional groups attached to an aromatic ring is 1. The summed E-state index contributed by atoms with van der Waals surface area (Å²) in [5, 5.41) is 0. The molecule has 3 N–H and O–H groups in total. The number of nitrogens with zero attached hydrogens (tertiary/aromatic N) is 1. The summed E-state index contributed by atoms with van der Waals surface area (Å²) in [6.45, 7) is 2.09. The molecule has 0 saturated carbocycles. The summed E-state index contributed by atoms with van der Waals surface area (Å²) >= 11 is 0. The number of aromatic amines is 1. The van der Waals surface area contributed by atoms with Gasteiger partial charge in [0.1, 0.15) is 11.3 Å². The smallest absolute Gasteiger partial charge is 0.111 e. The van der Waals surface area contributed by atoms with E-state index in [2.05, 4.69) is 41.2 Å². The molecule has 0 aliphatic rings. The van der Waals surface area contributed by atoms with E-state index in [1.807, 2.05) is 18.2 Å². The lowest BCUT2D eigenvalue weighted by Gasteiger charge is -1.98. The van der Waals surface area contributed by atoms with E-state index in [1.54, 1.807) is 0 Å². The Morgan fingerprint density at radius 2 is 1.89 bits per heavy atom. The number of para-hydroxylation sites is 1. The number of aryl methyl sites for hydroxylation is 1. The number of rotatable bonds is 2. The van der Waals surface area contributed by atoms with E-state index < -0.39 is 0 Å². The minimum absolute atomic E-state index is 0.721. The summed E-state index contributed by atoms with van der Waals surface area (Å²) in [6, 6.07) is 14.3. The summed E-state index contributed by atoms with van der Waals surface area (Å²) in [6.07, 6.45) is 0.800. The van der Waals surface area contributed by atoms with Gasteiger partial charge in [-0.3, -0.25) is 0 Å². The maximum Gasteiger partial charge on any atom is 0.111 e. The highest BCUT2D eigenvalue weighted by atomic mass is 14.9. The lowest BCUT2D eigenvalue weighted by Crippen LogP contribution is -1.90. The van der Waals surface area contributed by atoms with E-state index in [-0.39, 0.29) is 0 Å². The predicted molar refractivity (Wildman–Crippen MR) is 74.5 cm³/mol. The number of nitrogens with one attached hydrogen (secondary N) is 1. The Labute approximate surface area is 106 Å². The molecule has 0 spiro atoms. The highest BCUT2D eigenvalue weighted by molar-refractivity contribution is 5.86. The highest BCUT2D eigenvalue weighted by Crippen LogP contribution is 2.19. The number of benzene rings is 2. The van der Waals surface area contributed by atoms with Crippen LogP contribution >= 0.6 is 0 Å². The second-order valence-electron chi connectivity index (χ2n) is 4.59. The van der Waals surface area contributed by atoms with E-state index >= 15 is 0 Å². The molecule has 0 amide bonds. The number of hydrogen-bond donors (Lipinski definition) is 2. The lowest BCUT2D eigenvalue weighted by molar-refractivity contribution is 1.04. The molecule has 0 fully saturated rings. The first-order chi connectivity index (χ1) is 8.72. The van der Waals surface area contributed by atoms with Crippen molar-refractivity contribution in [3.05, 3.63) is 59.4 Å². The fraction of sp³-hybridized carbons (Fsp3) is 0.133. The van der Waals surface area contributed by atoms with E-state index in [0.29, 0.717) is 0 Å². The zero-order valence-electron chi connectivity index (χ0n) is 10.3. The molecule has 18 heavy (non-hydrogen) atoms. The van der Waals surface area contributed by atoms with Crippen molar-refractivity contribution in [2.75, 3.05) is 5.73 Å². The van der Waals surface area contributed by atoms with E-state index in [9.17, 15) is 0 Å². The molecule has 0 aliphatic heterocycles. The first-order valence-electron chi connectivity index (χ1n) is 6.01. The number of anilines is 1. The fourth-order valence-corrected chi connectivity index (χ4v) is 2.09. The molecule has 1 heterocycles. The number of imidazole rings is 1. The molecule has 2 aromatic carbocycles. The molecular weight excluding hydrogens is 222 g/mol. The number of fused-ring (bicyclic) bond motifs is 1. The van der Waals surface area contributed by atoms with Crippen molar-refractivity contribution in [1.29, 1.82) is 0 Å². The Balaban J connectivity index is 1.95. The Kier molecular flexibility index (Phi) is 2.52. The minimum Gasteiger partial charge on any atom is -0.397 e. The summed E-state index contributed by atoms with van der Waals surface area (Å²) in [5.74, 6) is 0.951. The minimum atomic E-state index is 0.721. The molecule has 3 aromatic rings. The average molecular weight is 237 g/mol. The number of aromatic nitrogens is 2. The Hall–Kier alpha value is -2.29. The Morgan fingerprint density at radius 1 is 1.11 bits per heavy atom. The normalized spacial score (nSPS) is 10.9. The fourth-order valence-electron chi connectivity index (χ4n) is 2.09. The van der Waals surface area contributed by atoms with Crippen molar-refractivity contribution in [2.45, 2.75) is 13.3 Å². The SMILES string of the molecule is Cc1ccc(Cc2nc3c(N)cccc3[nH]2)cc1. The molecule has 0 bridgehead atoms. The molecule has 0 unspecified atom stereocenters. The highest BCUT2D eigenvalue weighted by Gasteiger charge is 2.05. The standard InChI is InChI=1S/C15H15N3/c1-10-5-7-11(8-6-10)9-14-17-13-4-2-3-12(16)15(13)18-14/h2-8H,9,16H2,1H3,(H,17,18). The Morgan fingerprint density at radius 3 is 2.61 bits per heavy atom. The van der Waals surface area contributed by atoms with Crippen molar-refractivity contribution in [1.82, 2.24) is 9.97 Å². The maximum atomic E-state index is 5.90. The number of hydrogen-bond acceptors (Lipinski definition) is 2. The van der Waals surface area contributed by atoms with E-state index in [4.69, 9.17) is 5.73 Å². The molecule has 0 atom stereocenters. The van der Waals surface area contributed by atoms with Crippen molar-refractivity contribution in [3.63, 3.8) is 0 Å². The molecule has 0 aliphatic carbocycles. The van der Waals surface area contributed by atoms with Gasteiger partial charge in [-0.05, 0) is 24.6 Å². The van der Waals surface area contributed by atoms with Gasteiger partial charge >= 0.3 is 0 Å². The van der Waals surface area contributed by atoms with Gasteiger partial charge in [0.05, 0.1) is 11.2 Å². The molecule has 1 aromatic heterocycles. The first kappa shape index (κ1) is 10.8. The van der Waals surface area contributed by atoms with Gasteiger partial charge in [-0.1, -0.05) is 35.9 Å². The Bertz CT molecular complexity index is 681. The summed E-state index contributed by atoms with van der Waals surface area (Å²) < 4.78 is 0. The third-order valence-electron chi connectivity index (χ3n) is 3.09. The second-order valence-corrected chi connectivity index (χ2v) is 4.59. The van der Waals surface area contributed by atoms with Crippen LogP contribution in [-0.2, 0) is 6.42 Å². The van der Waals surface area contributed by atoms with Crippen LogP contribution in [-0.4, -0.2) is 9.97 Å². The molecule has 90 valence electrons. The maximum absolute atomic E-state index is 5.90. The van der Waals surface area contributed by atoms with Gasteiger partial charge in [0.25, 0.3) is 0 Å². The second kappa shape index (κ2) is 4.18. The van der Waals surface area contributed by atoms with Crippen molar-refractivity contribution >= 4 is 16.7 Å². The molecule has 3 heteroatoms. The van der Waals surface area contributed by atoms with Crippen LogP contribution in [0.1, 0.15) is 17.0 Å². The van der Waals surface area contributed by atoms with Gasteiger partial charge in [0.2, 0.25) is 0 Å². The van der Waals surface area contributed by atoms with Gasteiger partial charge in [-0.2, -0.15) is 0 Å². The van der Waals surface area contributed by atoms with Crippen LogP contribution in [0, 0.1) is 6.92 Å². The van der Waals surface area contributed by atoms with E-state index in [0.717, 1.165) is 29.0 Å². The zero-order chi connectivity index (χ0) is 12.5. The summed E-state index contributed by atoms with van der Waals surface area (Å²) in [4.78, 5) is 7.86. The average Bonchev–Trinajstić information content (AvgIpc) is 2.76.